The van der Waals surface area contributed by atoms with E-state index >= 15 is 0 Å². The first kappa shape index (κ1) is 19.1. The molecule has 3 atom stereocenters. The monoisotopic (exact) mass is 353 g/mol. The molecule has 0 spiro atoms. The molecule has 0 radical (unpaired) electrons. The molecule has 1 aliphatic carbocycles. The Balaban J connectivity index is 1.49. The number of halogens is 1. The van der Waals surface area contributed by atoms with E-state index in [1.807, 2.05) is 0 Å². The average Bonchev–Trinajstić information content (AvgIpc) is 2.68. The van der Waals surface area contributed by atoms with Gasteiger partial charge in [0, 0.05) is 18.5 Å². The van der Waals surface area contributed by atoms with E-state index in [-0.39, 0.29) is 5.92 Å². The normalized spacial score (nSPS) is 21.7. The number of alkyl halides is 1. The molecule has 2 aromatic rings. The molecule has 2 aromatic carbocycles. The minimum atomic E-state index is -0.652. The molecule has 0 N–H and O–H groups in total. The average molecular weight is 354 g/mol. The van der Waals surface area contributed by atoms with Crippen LogP contribution in [0.5, 0.6) is 0 Å². The molecule has 3 unspecified atom stereocenters. The van der Waals surface area contributed by atoms with E-state index in [0.717, 1.165) is 45.1 Å². The first-order chi connectivity index (χ1) is 12.6. The lowest BCUT2D eigenvalue weighted by atomic mass is 9.82. The van der Waals surface area contributed by atoms with E-state index in [0.29, 0.717) is 6.04 Å². The fraction of sp³-hybridized carbons (Fsp3) is 0.500. The second-order valence-electron chi connectivity index (χ2n) is 7.94. The molecule has 0 amide bonds. The lowest BCUT2D eigenvalue weighted by Gasteiger charge is -2.26. The van der Waals surface area contributed by atoms with Crippen LogP contribution in [0.25, 0.3) is 0 Å². The second-order valence-corrected chi connectivity index (χ2v) is 7.94. The van der Waals surface area contributed by atoms with Crippen LogP contribution in [-0.4, -0.2) is 24.2 Å². The minimum absolute atomic E-state index is 0.119. The third-order valence-electron chi connectivity index (χ3n) is 5.97. The van der Waals surface area contributed by atoms with Gasteiger partial charge in [-0.1, -0.05) is 67.4 Å². The van der Waals surface area contributed by atoms with Crippen molar-refractivity contribution in [3.63, 3.8) is 0 Å². The quantitative estimate of drug-likeness (QED) is 0.578. The van der Waals surface area contributed by atoms with E-state index in [1.165, 1.54) is 16.7 Å². The van der Waals surface area contributed by atoms with Crippen molar-refractivity contribution in [1.29, 1.82) is 0 Å². The molecule has 0 heterocycles. The first-order valence-electron chi connectivity index (χ1n) is 10.1. The predicted octanol–water partition coefficient (Wildman–Crippen LogP) is 6.14. The highest BCUT2D eigenvalue weighted by Crippen LogP contribution is 2.35. The van der Waals surface area contributed by atoms with Crippen LogP contribution in [0.4, 0.5) is 4.39 Å². The third-order valence-corrected chi connectivity index (χ3v) is 5.97. The lowest BCUT2D eigenvalue weighted by molar-refractivity contribution is 0.216. The zero-order chi connectivity index (χ0) is 18.4. The zero-order valence-corrected chi connectivity index (χ0v) is 16.2. The SMILES string of the molecule is CC(CCc1ccc(C2CCCCC2F)cc1)N(C)Cc1ccccc1. The Kier molecular flexibility index (Phi) is 6.85. The highest BCUT2D eigenvalue weighted by molar-refractivity contribution is 5.27. The first-order valence-corrected chi connectivity index (χ1v) is 10.1. The molecule has 3 rings (SSSR count). The molecule has 1 fully saturated rings. The van der Waals surface area contributed by atoms with Gasteiger partial charge in [0.2, 0.25) is 0 Å². The summed E-state index contributed by atoms with van der Waals surface area (Å²) in [5.41, 5.74) is 3.91. The maximum Gasteiger partial charge on any atom is 0.107 e. The summed E-state index contributed by atoms with van der Waals surface area (Å²) in [4.78, 5) is 2.42. The van der Waals surface area contributed by atoms with Gasteiger partial charge in [-0.15, -0.1) is 0 Å². The number of aryl methyl sites for hydroxylation is 1. The van der Waals surface area contributed by atoms with Gasteiger partial charge >= 0.3 is 0 Å². The number of hydrogen-bond acceptors (Lipinski definition) is 1. The van der Waals surface area contributed by atoms with Gasteiger partial charge in [-0.25, -0.2) is 4.39 Å². The summed E-state index contributed by atoms with van der Waals surface area (Å²) in [6.45, 7) is 3.29. The third kappa shape index (κ3) is 5.17. The van der Waals surface area contributed by atoms with Crippen molar-refractivity contribution in [2.75, 3.05) is 7.05 Å². The standard InChI is InChI=1S/C24H32FN/c1-19(26(2)18-21-8-4-3-5-9-21)12-13-20-14-16-22(17-15-20)23-10-6-7-11-24(23)25/h3-5,8-9,14-17,19,23-24H,6-7,10-13,18H2,1-2H3. The van der Waals surface area contributed by atoms with Crippen LogP contribution in [0, 0.1) is 0 Å². The molecule has 26 heavy (non-hydrogen) atoms. The summed E-state index contributed by atoms with van der Waals surface area (Å²) >= 11 is 0. The van der Waals surface area contributed by atoms with Crippen LogP contribution in [-0.2, 0) is 13.0 Å². The molecule has 2 heteroatoms. The van der Waals surface area contributed by atoms with E-state index in [1.54, 1.807) is 0 Å². The Morgan fingerprint density at radius 2 is 1.65 bits per heavy atom. The van der Waals surface area contributed by atoms with Crippen molar-refractivity contribution in [3.8, 4) is 0 Å². The summed E-state index contributed by atoms with van der Waals surface area (Å²) in [6.07, 6.45) is 5.51. The Bertz CT molecular complexity index is 652. The molecular formula is C24H32FN. The van der Waals surface area contributed by atoms with E-state index in [4.69, 9.17) is 0 Å². The fourth-order valence-corrected chi connectivity index (χ4v) is 4.02. The van der Waals surface area contributed by atoms with Crippen molar-refractivity contribution in [2.45, 2.75) is 70.1 Å². The topological polar surface area (TPSA) is 3.24 Å². The molecular weight excluding hydrogens is 321 g/mol. The molecule has 0 aromatic heterocycles. The van der Waals surface area contributed by atoms with Gasteiger partial charge < -0.3 is 0 Å². The Morgan fingerprint density at radius 1 is 0.962 bits per heavy atom. The largest absolute Gasteiger partial charge is 0.299 e. The summed E-state index contributed by atoms with van der Waals surface area (Å²) in [5.74, 6) is 0.119. The predicted molar refractivity (Wildman–Crippen MR) is 108 cm³/mol. The molecule has 1 nitrogen and oxygen atoms in total. The summed E-state index contributed by atoms with van der Waals surface area (Å²) in [5, 5.41) is 0. The molecule has 0 bridgehead atoms. The van der Waals surface area contributed by atoms with Gasteiger partial charge in [0.05, 0.1) is 0 Å². The van der Waals surface area contributed by atoms with Crippen molar-refractivity contribution >= 4 is 0 Å². The Morgan fingerprint density at radius 3 is 2.35 bits per heavy atom. The van der Waals surface area contributed by atoms with Gasteiger partial charge in [0.1, 0.15) is 6.17 Å². The smallest absolute Gasteiger partial charge is 0.107 e. The molecule has 0 saturated heterocycles. The molecule has 0 aliphatic heterocycles. The van der Waals surface area contributed by atoms with Crippen molar-refractivity contribution < 1.29 is 4.39 Å². The van der Waals surface area contributed by atoms with Crippen LogP contribution < -0.4 is 0 Å². The van der Waals surface area contributed by atoms with Crippen LogP contribution in [0.3, 0.4) is 0 Å². The summed E-state index contributed by atoms with van der Waals surface area (Å²) in [6, 6.07) is 19.9. The number of nitrogens with zero attached hydrogens (tertiary/aromatic N) is 1. The van der Waals surface area contributed by atoms with Crippen molar-refractivity contribution in [1.82, 2.24) is 4.90 Å². The minimum Gasteiger partial charge on any atom is -0.299 e. The number of benzene rings is 2. The van der Waals surface area contributed by atoms with Crippen LogP contribution in [0.15, 0.2) is 54.6 Å². The summed E-state index contributed by atoms with van der Waals surface area (Å²) < 4.78 is 14.2. The van der Waals surface area contributed by atoms with Gasteiger partial charge in [0.25, 0.3) is 0 Å². The number of hydrogen-bond donors (Lipinski definition) is 0. The van der Waals surface area contributed by atoms with Gasteiger partial charge in [-0.05, 0) is 56.3 Å². The fourth-order valence-electron chi connectivity index (χ4n) is 4.02. The number of rotatable bonds is 7. The van der Waals surface area contributed by atoms with E-state index in [9.17, 15) is 4.39 Å². The molecule has 1 aliphatic rings. The zero-order valence-electron chi connectivity index (χ0n) is 16.2. The lowest BCUT2D eigenvalue weighted by Crippen LogP contribution is -2.29. The Labute approximate surface area is 158 Å². The maximum absolute atomic E-state index is 14.2. The van der Waals surface area contributed by atoms with E-state index < -0.39 is 6.17 Å². The van der Waals surface area contributed by atoms with E-state index in [2.05, 4.69) is 73.5 Å². The van der Waals surface area contributed by atoms with Crippen molar-refractivity contribution in [3.05, 3.63) is 71.3 Å². The second kappa shape index (κ2) is 9.32. The van der Waals surface area contributed by atoms with Crippen LogP contribution >= 0.6 is 0 Å². The Hall–Kier alpha value is -1.67. The van der Waals surface area contributed by atoms with Gasteiger partial charge in [-0.2, -0.15) is 0 Å². The van der Waals surface area contributed by atoms with Crippen molar-refractivity contribution in [2.24, 2.45) is 0 Å². The van der Waals surface area contributed by atoms with Gasteiger partial charge in [-0.3, -0.25) is 4.90 Å². The van der Waals surface area contributed by atoms with Gasteiger partial charge in [0.15, 0.2) is 0 Å². The highest BCUT2D eigenvalue weighted by Gasteiger charge is 2.25. The maximum atomic E-state index is 14.2. The van der Waals surface area contributed by atoms with Crippen LogP contribution in [0.1, 0.15) is 61.6 Å². The molecule has 1 saturated carbocycles. The molecule has 140 valence electrons. The van der Waals surface area contributed by atoms with Crippen LogP contribution in [0.2, 0.25) is 0 Å². The highest BCUT2D eigenvalue weighted by atomic mass is 19.1. The summed E-state index contributed by atoms with van der Waals surface area (Å²) in [7, 11) is 2.20.